The van der Waals surface area contributed by atoms with Gasteiger partial charge in [-0.1, -0.05) is 0 Å². The van der Waals surface area contributed by atoms with Crippen LogP contribution in [0, 0.1) is 0 Å². The summed E-state index contributed by atoms with van der Waals surface area (Å²) in [6.45, 7) is 2.37. The van der Waals surface area contributed by atoms with Crippen molar-refractivity contribution in [1.82, 2.24) is 10.2 Å². The van der Waals surface area contributed by atoms with E-state index in [0.29, 0.717) is 0 Å². The van der Waals surface area contributed by atoms with Crippen molar-refractivity contribution in [2.75, 3.05) is 18.0 Å². The molecule has 12 heavy (non-hydrogen) atoms. The van der Waals surface area contributed by atoms with Crippen molar-refractivity contribution in [1.29, 1.82) is 0 Å². The molecule has 0 atom stereocenters. The highest BCUT2D eigenvalue weighted by molar-refractivity contribution is 5.85. The Morgan fingerprint density at radius 1 is 1.25 bits per heavy atom. The number of nitrogens with one attached hydrogen (secondary N) is 1. The van der Waals surface area contributed by atoms with Gasteiger partial charge in [0.1, 0.15) is 5.82 Å². The Morgan fingerprint density at radius 3 is 2.58 bits per heavy atom. The Kier molecular flexibility index (Phi) is 3.41. The van der Waals surface area contributed by atoms with Crippen LogP contribution < -0.4 is 4.90 Å². The zero-order valence-corrected chi connectivity index (χ0v) is 7.81. The van der Waals surface area contributed by atoms with Crippen molar-refractivity contribution in [2.24, 2.45) is 0 Å². The van der Waals surface area contributed by atoms with E-state index in [4.69, 9.17) is 0 Å². The number of piperidine rings is 1. The molecule has 0 radical (unpaired) electrons. The summed E-state index contributed by atoms with van der Waals surface area (Å²) in [4.78, 5) is 2.36. The first-order valence-electron chi connectivity index (χ1n) is 4.21. The van der Waals surface area contributed by atoms with Crippen molar-refractivity contribution in [3.63, 3.8) is 0 Å². The van der Waals surface area contributed by atoms with Gasteiger partial charge in [0.25, 0.3) is 0 Å². The molecule has 0 unspecified atom stereocenters. The van der Waals surface area contributed by atoms with E-state index < -0.39 is 0 Å². The molecule has 4 heteroatoms. The lowest BCUT2D eigenvalue weighted by Gasteiger charge is -2.26. The monoisotopic (exact) mass is 187 g/mol. The first-order chi connectivity index (χ1) is 5.47. The van der Waals surface area contributed by atoms with E-state index in [1.165, 1.54) is 38.2 Å². The zero-order valence-electron chi connectivity index (χ0n) is 6.99. The van der Waals surface area contributed by atoms with E-state index in [0.717, 1.165) is 0 Å². The highest BCUT2D eigenvalue weighted by Crippen LogP contribution is 2.15. The molecule has 1 aliphatic heterocycles. The van der Waals surface area contributed by atoms with Crippen LogP contribution in [0.25, 0.3) is 0 Å². The summed E-state index contributed by atoms with van der Waals surface area (Å²) in [5, 5.41) is 6.91. The number of H-pyrrole nitrogens is 1. The molecule has 68 valence electrons. The van der Waals surface area contributed by atoms with Crippen molar-refractivity contribution >= 4 is 18.2 Å². The van der Waals surface area contributed by atoms with Crippen LogP contribution in [0.15, 0.2) is 12.3 Å². The lowest BCUT2D eigenvalue weighted by molar-refractivity contribution is 0.573. The van der Waals surface area contributed by atoms with Gasteiger partial charge in [0, 0.05) is 19.2 Å². The third kappa shape index (κ3) is 1.91. The van der Waals surface area contributed by atoms with Gasteiger partial charge in [0.2, 0.25) is 0 Å². The zero-order chi connectivity index (χ0) is 7.52. The largest absolute Gasteiger partial charge is 0.357 e. The van der Waals surface area contributed by atoms with Crippen LogP contribution in [0.5, 0.6) is 0 Å². The maximum absolute atomic E-state index is 3.93. The quantitative estimate of drug-likeness (QED) is 0.728. The molecule has 2 heterocycles. The van der Waals surface area contributed by atoms with Gasteiger partial charge in [-0.05, 0) is 19.3 Å². The number of hydrogen-bond acceptors (Lipinski definition) is 2. The maximum atomic E-state index is 3.93. The summed E-state index contributed by atoms with van der Waals surface area (Å²) in [5.41, 5.74) is 0. The molecule has 2 rings (SSSR count). The van der Waals surface area contributed by atoms with Gasteiger partial charge in [-0.2, -0.15) is 5.10 Å². The third-order valence-corrected chi connectivity index (χ3v) is 2.18. The number of aromatic amines is 1. The van der Waals surface area contributed by atoms with Crippen LogP contribution in [0.1, 0.15) is 19.3 Å². The van der Waals surface area contributed by atoms with Crippen LogP contribution in [-0.2, 0) is 0 Å². The molecule has 0 amide bonds. The fourth-order valence-electron chi connectivity index (χ4n) is 1.56. The Hall–Kier alpha value is -0.700. The summed E-state index contributed by atoms with van der Waals surface area (Å²) in [5.74, 6) is 1.17. The van der Waals surface area contributed by atoms with Crippen LogP contribution >= 0.6 is 12.4 Å². The average molecular weight is 188 g/mol. The van der Waals surface area contributed by atoms with Gasteiger partial charge in [0.05, 0.1) is 6.20 Å². The minimum Gasteiger partial charge on any atom is -0.357 e. The number of nitrogens with zero attached hydrogens (tertiary/aromatic N) is 2. The summed E-state index contributed by atoms with van der Waals surface area (Å²) >= 11 is 0. The van der Waals surface area contributed by atoms with E-state index >= 15 is 0 Å². The predicted molar refractivity (Wildman–Crippen MR) is 51.9 cm³/mol. The summed E-state index contributed by atoms with van der Waals surface area (Å²) in [6.07, 6.45) is 5.83. The Balaban J connectivity index is 0.000000720. The molecular formula is C8H14ClN3. The molecular weight excluding hydrogens is 174 g/mol. The third-order valence-electron chi connectivity index (χ3n) is 2.18. The van der Waals surface area contributed by atoms with Gasteiger partial charge in [-0.3, -0.25) is 5.10 Å². The van der Waals surface area contributed by atoms with Gasteiger partial charge in [0.15, 0.2) is 0 Å². The van der Waals surface area contributed by atoms with Crippen molar-refractivity contribution in [2.45, 2.75) is 19.3 Å². The highest BCUT2D eigenvalue weighted by Gasteiger charge is 2.10. The van der Waals surface area contributed by atoms with E-state index in [1.54, 1.807) is 0 Å². The standard InChI is InChI=1S/C8H13N3.ClH/c1-2-6-11(7-3-1)8-4-5-9-10-8;/h4-5H,1-3,6-7H2,(H,9,10);1H. The number of rotatable bonds is 1. The summed E-state index contributed by atoms with van der Waals surface area (Å²) < 4.78 is 0. The van der Waals surface area contributed by atoms with Crippen LogP contribution in [0.2, 0.25) is 0 Å². The molecule has 0 saturated carbocycles. The van der Waals surface area contributed by atoms with E-state index in [9.17, 15) is 0 Å². The van der Waals surface area contributed by atoms with Gasteiger partial charge >= 0.3 is 0 Å². The minimum absolute atomic E-state index is 0. The Labute approximate surface area is 78.6 Å². The molecule has 1 N–H and O–H groups in total. The van der Waals surface area contributed by atoms with Gasteiger partial charge < -0.3 is 4.90 Å². The predicted octanol–water partition coefficient (Wildman–Crippen LogP) is 1.82. The molecule has 0 aliphatic carbocycles. The van der Waals surface area contributed by atoms with Crippen molar-refractivity contribution < 1.29 is 0 Å². The molecule has 0 spiro atoms. The molecule has 3 nitrogen and oxygen atoms in total. The molecule has 1 aromatic heterocycles. The normalized spacial score (nSPS) is 17.2. The molecule has 1 saturated heterocycles. The lowest BCUT2D eigenvalue weighted by atomic mass is 10.1. The number of anilines is 1. The molecule has 0 aromatic carbocycles. The van der Waals surface area contributed by atoms with Crippen LogP contribution in [0.3, 0.4) is 0 Å². The van der Waals surface area contributed by atoms with Gasteiger partial charge in [-0.25, -0.2) is 0 Å². The highest BCUT2D eigenvalue weighted by atomic mass is 35.5. The minimum atomic E-state index is 0. The number of aromatic nitrogens is 2. The molecule has 0 bridgehead atoms. The fourth-order valence-corrected chi connectivity index (χ4v) is 1.56. The van der Waals surface area contributed by atoms with Crippen molar-refractivity contribution in [3.05, 3.63) is 12.3 Å². The van der Waals surface area contributed by atoms with Crippen molar-refractivity contribution in [3.8, 4) is 0 Å². The SMILES string of the molecule is Cl.c1cc(N2CCCCC2)[nH]n1. The first-order valence-corrected chi connectivity index (χ1v) is 4.21. The second kappa shape index (κ2) is 4.36. The first kappa shape index (κ1) is 9.39. The van der Waals surface area contributed by atoms with Gasteiger partial charge in [-0.15, -0.1) is 12.4 Å². The summed E-state index contributed by atoms with van der Waals surface area (Å²) in [7, 11) is 0. The number of hydrogen-bond donors (Lipinski definition) is 1. The smallest absolute Gasteiger partial charge is 0.123 e. The lowest BCUT2D eigenvalue weighted by Crippen LogP contribution is -2.29. The molecule has 1 fully saturated rings. The van der Waals surface area contributed by atoms with Crippen LogP contribution in [0.4, 0.5) is 5.82 Å². The van der Waals surface area contributed by atoms with Crippen LogP contribution in [-0.4, -0.2) is 23.3 Å². The topological polar surface area (TPSA) is 31.9 Å². The van der Waals surface area contributed by atoms with E-state index in [1.807, 2.05) is 12.3 Å². The second-order valence-electron chi connectivity index (χ2n) is 2.99. The number of halogens is 1. The fraction of sp³-hybridized carbons (Fsp3) is 0.625. The van der Waals surface area contributed by atoms with E-state index in [2.05, 4.69) is 15.1 Å². The second-order valence-corrected chi connectivity index (χ2v) is 2.99. The molecule has 1 aromatic rings. The Morgan fingerprint density at radius 2 is 2.00 bits per heavy atom. The molecule has 1 aliphatic rings. The Bertz CT molecular complexity index is 204. The van der Waals surface area contributed by atoms with E-state index in [-0.39, 0.29) is 12.4 Å². The maximum Gasteiger partial charge on any atom is 0.123 e. The average Bonchev–Trinajstić information content (AvgIpc) is 2.58. The summed E-state index contributed by atoms with van der Waals surface area (Å²) in [6, 6.07) is 2.03.